The van der Waals surface area contributed by atoms with Crippen LogP contribution in [0.4, 0.5) is 24.5 Å². The second-order valence-corrected chi connectivity index (χ2v) is 5.51. The minimum absolute atomic E-state index is 0.212. The normalized spacial score (nSPS) is 12.5. The van der Waals surface area contributed by atoms with Crippen LogP contribution in [0.2, 0.25) is 0 Å². The van der Waals surface area contributed by atoms with E-state index in [1.54, 1.807) is 0 Å². The lowest BCUT2D eigenvalue weighted by molar-refractivity contribution is -0.141. The first-order valence-electron chi connectivity index (χ1n) is 6.95. The minimum atomic E-state index is -4.47. The van der Waals surface area contributed by atoms with Crippen molar-refractivity contribution in [3.8, 4) is 0 Å². The fourth-order valence-electron chi connectivity index (χ4n) is 2.21. The molecule has 0 bridgehead atoms. The average molecular weight is 304 g/mol. The molecule has 0 aliphatic carbocycles. The second kappa shape index (κ2) is 6.98. The summed E-state index contributed by atoms with van der Waals surface area (Å²) in [5, 5.41) is 2.96. The van der Waals surface area contributed by atoms with Crippen molar-refractivity contribution >= 4 is 11.4 Å². The molecule has 0 aliphatic heterocycles. The predicted octanol–water partition coefficient (Wildman–Crippen LogP) is 3.21. The highest BCUT2D eigenvalue weighted by Gasteiger charge is 2.32. The number of nitrogens with one attached hydrogen (secondary N) is 1. The van der Waals surface area contributed by atoms with Crippen molar-refractivity contribution in [2.45, 2.75) is 46.0 Å². The molecule has 1 heterocycles. The number of alkyl halides is 3. The highest BCUT2D eigenvalue weighted by Crippen LogP contribution is 2.30. The molecule has 0 saturated carbocycles. The molecular formula is C14H23F3N4. The van der Waals surface area contributed by atoms with E-state index in [0.717, 1.165) is 18.8 Å². The van der Waals surface area contributed by atoms with Gasteiger partial charge in [0.25, 0.3) is 0 Å². The van der Waals surface area contributed by atoms with Crippen LogP contribution >= 0.6 is 0 Å². The lowest BCUT2D eigenvalue weighted by atomic mass is 10.2. The van der Waals surface area contributed by atoms with Gasteiger partial charge in [0, 0.05) is 25.2 Å². The maximum Gasteiger partial charge on any atom is 0.433 e. The molecule has 0 saturated heterocycles. The zero-order valence-electron chi connectivity index (χ0n) is 12.8. The molecule has 0 unspecified atom stereocenters. The Morgan fingerprint density at radius 2 is 1.81 bits per heavy atom. The summed E-state index contributed by atoms with van der Waals surface area (Å²) in [4.78, 5) is 5.55. The van der Waals surface area contributed by atoms with Crippen LogP contribution in [0.5, 0.6) is 0 Å². The largest absolute Gasteiger partial charge is 0.433 e. The van der Waals surface area contributed by atoms with Crippen molar-refractivity contribution in [1.29, 1.82) is 0 Å². The maximum absolute atomic E-state index is 12.6. The van der Waals surface area contributed by atoms with E-state index in [1.807, 2.05) is 0 Å². The number of halogens is 3. The maximum atomic E-state index is 12.6. The van der Waals surface area contributed by atoms with Gasteiger partial charge in [-0.2, -0.15) is 13.2 Å². The van der Waals surface area contributed by atoms with Gasteiger partial charge in [0.15, 0.2) is 0 Å². The molecule has 0 radical (unpaired) electrons. The van der Waals surface area contributed by atoms with E-state index in [1.165, 1.54) is 0 Å². The number of nitrogens with two attached hydrogens (primary N) is 1. The lowest BCUT2D eigenvalue weighted by Gasteiger charge is -2.30. The molecule has 0 amide bonds. The Balaban J connectivity index is 2.71. The third-order valence-corrected chi connectivity index (χ3v) is 3.24. The van der Waals surface area contributed by atoms with E-state index in [2.05, 4.69) is 42.9 Å². The Bertz CT molecular complexity index is 450. The van der Waals surface area contributed by atoms with E-state index < -0.39 is 11.9 Å². The van der Waals surface area contributed by atoms with Crippen LogP contribution in [0.3, 0.4) is 0 Å². The summed E-state index contributed by atoms with van der Waals surface area (Å²) < 4.78 is 37.9. The fourth-order valence-corrected chi connectivity index (χ4v) is 2.21. The Kier molecular flexibility index (Phi) is 5.83. The summed E-state index contributed by atoms with van der Waals surface area (Å²) in [6, 6.07) is 1.68. The summed E-state index contributed by atoms with van der Waals surface area (Å²) >= 11 is 0. The first kappa shape index (κ1) is 17.6. The SMILES string of the molecule is CC(C)N(CCNc1cc(C(F)(F)F)ncc1N)C(C)C. The number of nitrogens with zero attached hydrogens (tertiary/aromatic N) is 2. The Labute approximate surface area is 123 Å². The van der Waals surface area contributed by atoms with E-state index in [9.17, 15) is 13.2 Å². The number of anilines is 2. The van der Waals surface area contributed by atoms with Gasteiger partial charge in [-0.15, -0.1) is 0 Å². The van der Waals surface area contributed by atoms with Crippen LogP contribution in [0, 0.1) is 0 Å². The van der Waals surface area contributed by atoms with E-state index >= 15 is 0 Å². The number of aromatic nitrogens is 1. The van der Waals surface area contributed by atoms with Gasteiger partial charge in [0.2, 0.25) is 0 Å². The summed E-state index contributed by atoms with van der Waals surface area (Å²) in [6.07, 6.45) is -3.43. The monoisotopic (exact) mass is 304 g/mol. The third kappa shape index (κ3) is 5.08. The molecule has 0 aliphatic rings. The smallest absolute Gasteiger partial charge is 0.396 e. The predicted molar refractivity (Wildman–Crippen MR) is 79.1 cm³/mol. The van der Waals surface area contributed by atoms with Crippen molar-refractivity contribution < 1.29 is 13.2 Å². The van der Waals surface area contributed by atoms with Gasteiger partial charge in [0.1, 0.15) is 5.69 Å². The number of rotatable bonds is 6. The molecule has 0 spiro atoms. The molecule has 21 heavy (non-hydrogen) atoms. The minimum Gasteiger partial charge on any atom is -0.396 e. The molecule has 1 aromatic rings. The number of pyridine rings is 1. The molecule has 0 fully saturated rings. The summed E-state index contributed by atoms with van der Waals surface area (Å²) in [7, 11) is 0. The molecule has 1 rings (SSSR count). The lowest BCUT2D eigenvalue weighted by Crippen LogP contribution is -2.40. The number of nitrogen functional groups attached to an aromatic ring is 1. The van der Waals surface area contributed by atoms with Crippen LogP contribution in [0.15, 0.2) is 12.3 Å². The number of hydrogen-bond acceptors (Lipinski definition) is 4. The number of hydrogen-bond donors (Lipinski definition) is 2. The van der Waals surface area contributed by atoms with Gasteiger partial charge >= 0.3 is 6.18 Å². The fraction of sp³-hybridized carbons (Fsp3) is 0.643. The van der Waals surface area contributed by atoms with E-state index in [-0.39, 0.29) is 11.4 Å². The second-order valence-electron chi connectivity index (χ2n) is 5.51. The van der Waals surface area contributed by atoms with Gasteiger partial charge in [-0.05, 0) is 33.8 Å². The van der Waals surface area contributed by atoms with Gasteiger partial charge < -0.3 is 11.1 Å². The molecule has 3 N–H and O–H groups in total. The van der Waals surface area contributed by atoms with Crippen LogP contribution < -0.4 is 11.1 Å². The van der Waals surface area contributed by atoms with Crippen molar-refractivity contribution in [2.75, 3.05) is 24.1 Å². The van der Waals surface area contributed by atoms with Crippen molar-refractivity contribution in [2.24, 2.45) is 0 Å². The molecule has 0 aromatic carbocycles. The molecule has 7 heteroatoms. The molecule has 0 atom stereocenters. The Morgan fingerprint density at radius 1 is 1.24 bits per heavy atom. The van der Waals surface area contributed by atoms with Crippen LogP contribution in [0.1, 0.15) is 33.4 Å². The zero-order valence-corrected chi connectivity index (χ0v) is 12.8. The first-order chi connectivity index (χ1) is 9.62. The van der Waals surface area contributed by atoms with Crippen molar-refractivity contribution in [1.82, 2.24) is 9.88 Å². The van der Waals surface area contributed by atoms with Gasteiger partial charge in [-0.1, -0.05) is 0 Å². The third-order valence-electron chi connectivity index (χ3n) is 3.24. The Hall–Kier alpha value is -1.50. The van der Waals surface area contributed by atoms with Gasteiger partial charge in [-0.25, -0.2) is 4.98 Å². The van der Waals surface area contributed by atoms with Crippen LogP contribution in [-0.2, 0) is 6.18 Å². The van der Waals surface area contributed by atoms with E-state index in [4.69, 9.17) is 5.73 Å². The molecular weight excluding hydrogens is 281 g/mol. The average Bonchev–Trinajstić information content (AvgIpc) is 2.34. The van der Waals surface area contributed by atoms with E-state index in [0.29, 0.717) is 18.6 Å². The summed E-state index contributed by atoms with van der Waals surface area (Å²) in [5.41, 5.74) is 5.20. The topological polar surface area (TPSA) is 54.2 Å². The molecule has 1 aromatic heterocycles. The zero-order chi connectivity index (χ0) is 16.2. The quantitative estimate of drug-likeness (QED) is 0.847. The van der Waals surface area contributed by atoms with Crippen molar-refractivity contribution in [3.63, 3.8) is 0 Å². The summed E-state index contributed by atoms with van der Waals surface area (Å²) in [5.74, 6) is 0. The highest BCUT2D eigenvalue weighted by atomic mass is 19.4. The standard InChI is InChI=1S/C14H23F3N4/c1-9(2)21(10(3)4)6-5-19-12-7-13(14(15,16)17)20-8-11(12)18/h7-10H,5-6,18H2,1-4H3,(H,19,20). The van der Waals surface area contributed by atoms with Crippen molar-refractivity contribution in [3.05, 3.63) is 18.0 Å². The van der Waals surface area contributed by atoms with Gasteiger partial charge in [0.05, 0.1) is 17.6 Å². The van der Waals surface area contributed by atoms with Crippen LogP contribution in [-0.4, -0.2) is 35.1 Å². The van der Waals surface area contributed by atoms with Gasteiger partial charge in [-0.3, -0.25) is 4.90 Å². The molecule has 120 valence electrons. The molecule has 4 nitrogen and oxygen atoms in total. The highest BCUT2D eigenvalue weighted by molar-refractivity contribution is 5.65. The Morgan fingerprint density at radius 3 is 2.29 bits per heavy atom. The summed E-state index contributed by atoms with van der Waals surface area (Å²) in [6.45, 7) is 9.58. The van der Waals surface area contributed by atoms with Crippen LogP contribution in [0.25, 0.3) is 0 Å². The first-order valence-corrected chi connectivity index (χ1v) is 6.95.